The average Bonchev–Trinajstić information content (AvgIpc) is 2.52. The molecule has 0 aliphatic rings. The minimum absolute atomic E-state index is 0.228. The molecular weight excluding hydrogens is 321 g/mol. The number of hydrogen-bond acceptors (Lipinski definition) is 3. The summed E-state index contributed by atoms with van der Waals surface area (Å²) < 4.78 is 12.8. The molecule has 0 saturated heterocycles. The lowest BCUT2D eigenvalue weighted by Crippen LogP contribution is -2.21. The maximum Gasteiger partial charge on any atom is 0.296 e. The zero-order chi connectivity index (χ0) is 17.0. The molecule has 0 saturated carbocycles. The van der Waals surface area contributed by atoms with Crippen molar-refractivity contribution in [2.24, 2.45) is 0 Å². The number of halogens is 2. The lowest BCUT2D eigenvalue weighted by atomic mass is 10.1. The van der Waals surface area contributed by atoms with E-state index in [-0.39, 0.29) is 5.56 Å². The molecule has 118 valence electrons. The number of aliphatic hydroxyl groups is 1. The highest BCUT2D eigenvalue weighted by Gasteiger charge is 2.15. The van der Waals surface area contributed by atoms with Crippen LogP contribution in [-0.4, -0.2) is 16.8 Å². The minimum atomic E-state index is -0.939. The van der Waals surface area contributed by atoms with Crippen LogP contribution in [0.5, 0.6) is 0 Å². The van der Waals surface area contributed by atoms with Gasteiger partial charge in [-0.25, -0.2) is 4.39 Å². The third-order valence-corrected chi connectivity index (χ3v) is 3.56. The van der Waals surface area contributed by atoms with Gasteiger partial charge >= 0.3 is 0 Å². The van der Waals surface area contributed by atoms with Gasteiger partial charge in [0.2, 0.25) is 5.78 Å². The lowest BCUT2D eigenvalue weighted by Gasteiger charge is -2.08. The molecule has 2 N–H and O–H groups in total. The van der Waals surface area contributed by atoms with E-state index in [1.807, 2.05) is 0 Å². The Labute approximate surface area is 137 Å². The Morgan fingerprint density at radius 3 is 2.48 bits per heavy atom. The summed E-state index contributed by atoms with van der Waals surface area (Å²) in [7, 11) is 0. The van der Waals surface area contributed by atoms with Gasteiger partial charge in [0, 0.05) is 22.3 Å². The molecule has 0 fully saturated rings. The molecule has 0 unspecified atom stereocenters. The van der Waals surface area contributed by atoms with Gasteiger partial charge in [0.25, 0.3) is 5.91 Å². The predicted octanol–water partition coefficient (Wildman–Crippen LogP) is 3.89. The standard InChI is InChI=1S/C17H13ClFNO3/c1-10-13(18)3-2-4-14(10)20-17(23)16(22)9-15(21)11-5-7-12(19)8-6-11/h2-9,21H,1H3,(H,20,23). The van der Waals surface area contributed by atoms with Crippen LogP contribution in [0.4, 0.5) is 10.1 Å². The van der Waals surface area contributed by atoms with Gasteiger partial charge in [0.05, 0.1) is 0 Å². The molecule has 23 heavy (non-hydrogen) atoms. The summed E-state index contributed by atoms with van der Waals surface area (Å²) in [5, 5.41) is 12.7. The number of benzene rings is 2. The minimum Gasteiger partial charge on any atom is -0.507 e. The number of aliphatic hydroxyl groups excluding tert-OH is 1. The van der Waals surface area contributed by atoms with Crippen LogP contribution in [0.3, 0.4) is 0 Å². The molecule has 0 aliphatic carbocycles. The molecule has 0 spiro atoms. The summed E-state index contributed by atoms with van der Waals surface area (Å²) >= 11 is 5.94. The fourth-order valence-electron chi connectivity index (χ4n) is 1.82. The van der Waals surface area contributed by atoms with Crippen LogP contribution in [0.15, 0.2) is 48.5 Å². The van der Waals surface area contributed by atoms with Crippen molar-refractivity contribution in [3.8, 4) is 0 Å². The first-order chi connectivity index (χ1) is 10.9. The second kappa shape index (κ2) is 7.07. The molecule has 0 atom stereocenters. The van der Waals surface area contributed by atoms with Gasteiger partial charge in [-0.15, -0.1) is 0 Å². The highest BCUT2D eigenvalue weighted by molar-refractivity contribution is 6.45. The van der Waals surface area contributed by atoms with Crippen molar-refractivity contribution in [2.75, 3.05) is 5.32 Å². The van der Waals surface area contributed by atoms with Crippen molar-refractivity contribution in [1.29, 1.82) is 0 Å². The number of ketones is 1. The van der Waals surface area contributed by atoms with E-state index in [9.17, 15) is 19.1 Å². The van der Waals surface area contributed by atoms with Crippen molar-refractivity contribution < 1.29 is 19.1 Å². The average molecular weight is 334 g/mol. The van der Waals surface area contributed by atoms with Crippen molar-refractivity contribution in [3.05, 3.63) is 70.5 Å². The van der Waals surface area contributed by atoms with E-state index in [1.165, 1.54) is 12.1 Å². The van der Waals surface area contributed by atoms with Gasteiger partial charge in [0.1, 0.15) is 11.6 Å². The second-order valence-electron chi connectivity index (χ2n) is 4.77. The SMILES string of the molecule is Cc1c(Cl)cccc1NC(=O)C(=O)C=C(O)c1ccc(F)cc1. The number of rotatable bonds is 4. The molecule has 0 bridgehead atoms. The molecule has 4 nitrogen and oxygen atoms in total. The Balaban J connectivity index is 2.13. The van der Waals surface area contributed by atoms with Crippen LogP contribution in [0.25, 0.3) is 5.76 Å². The molecule has 6 heteroatoms. The van der Waals surface area contributed by atoms with Crippen molar-refractivity contribution in [3.63, 3.8) is 0 Å². The van der Waals surface area contributed by atoms with E-state index in [0.717, 1.165) is 18.2 Å². The summed E-state index contributed by atoms with van der Waals surface area (Å²) in [5.74, 6) is -2.75. The first kappa shape index (κ1) is 16.7. The maximum absolute atomic E-state index is 12.8. The van der Waals surface area contributed by atoms with E-state index < -0.39 is 23.3 Å². The number of anilines is 1. The third kappa shape index (κ3) is 4.17. The molecule has 0 aliphatic heterocycles. The van der Waals surface area contributed by atoms with Crippen LogP contribution in [-0.2, 0) is 9.59 Å². The van der Waals surface area contributed by atoms with Gasteiger partial charge in [-0.05, 0) is 48.9 Å². The van der Waals surface area contributed by atoms with Crippen molar-refractivity contribution >= 4 is 34.7 Å². The van der Waals surface area contributed by atoms with Crippen molar-refractivity contribution in [2.45, 2.75) is 6.92 Å². The van der Waals surface area contributed by atoms with E-state index in [2.05, 4.69) is 5.32 Å². The third-order valence-electron chi connectivity index (χ3n) is 3.15. The molecule has 2 aromatic rings. The molecule has 0 aromatic heterocycles. The van der Waals surface area contributed by atoms with Crippen LogP contribution in [0, 0.1) is 12.7 Å². The number of amides is 1. The fourth-order valence-corrected chi connectivity index (χ4v) is 2.00. The summed E-state index contributed by atoms with van der Waals surface area (Å²) in [4.78, 5) is 23.7. The van der Waals surface area contributed by atoms with Gasteiger partial charge in [-0.2, -0.15) is 0 Å². The number of carbonyl (C=O) groups is 2. The quantitative estimate of drug-likeness (QED) is 0.506. The Kier molecular flexibility index (Phi) is 5.13. The number of carbonyl (C=O) groups excluding carboxylic acids is 2. The molecule has 2 aromatic carbocycles. The molecule has 0 heterocycles. The maximum atomic E-state index is 12.8. The van der Waals surface area contributed by atoms with E-state index in [4.69, 9.17) is 11.6 Å². The van der Waals surface area contributed by atoms with E-state index in [1.54, 1.807) is 25.1 Å². The monoisotopic (exact) mass is 333 g/mol. The van der Waals surface area contributed by atoms with E-state index in [0.29, 0.717) is 16.3 Å². The topological polar surface area (TPSA) is 66.4 Å². The first-order valence-electron chi connectivity index (χ1n) is 6.65. The summed E-state index contributed by atoms with van der Waals surface area (Å²) in [6.07, 6.45) is 0.780. The molecular formula is C17H13ClFNO3. The second-order valence-corrected chi connectivity index (χ2v) is 5.17. The molecule has 2 rings (SSSR count). The van der Waals surface area contributed by atoms with Gasteiger partial charge in [-0.3, -0.25) is 9.59 Å². The fraction of sp³-hybridized carbons (Fsp3) is 0.0588. The Morgan fingerprint density at radius 1 is 1.17 bits per heavy atom. The summed E-state index contributed by atoms with van der Waals surface area (Å²) in [6, 6.07) is 9.78. The van der Waals surface area contributed by atoms with Gasteiger partial charge < -0.3 is 10.4 Å². The zero-order valence-corrected chi connectivity index (χ0v) is 12.9. The van der Waals surface area contributed by atoms with Crippen LogP contribution >= 0.6 is 11.6 Å². The highest BCUT2D eigenvalue weighted by Crippen LogP contribution is 2.23. The van der Waals surface area contributed by atoms with E-state index >= 15 is 0 Å². The number of hydrogen-bond donors (Lipinski definition) is 2. The van der Waals surface area contributed by atoms with Gasteiger partial charge in [0.15, 0.2) is 0 Å². The van der Waals surface area contributed by atoms with Crippen LogP contribution < -0.4 is 5.32 Å². The highest BCUT2D eigenvalue weighted by atomic mass is 35.5. The Morgan fingerprint density at radius 2 is 1.83 bits per heavy atom. The van der Waals surface area contributed by atoms with Crippen LogP contribution in [0.2, 0.25) is 5.02 Å². The first-order valence-corrected chi connectivity index (χ1v) is 7.03. The molecule has 0 radical (unpaired) electrons. The van der Waals surface area contributed by atoms with Crippen molar-refractivity contribution in [1.82, 2.24) is 0 Å². The number of nitrogens with one attached hydrogen (secondary N) is 1. The smallest absolute Gasteiger partial charge is 0.296 e. The predicted molar refractivity (Wildman–Crippen MR) is 86.8 cm³/mol. The Bertz CT molecular complexity index is 785. The summed E-state index contributed by atoms with van der Waals surface area (Å²) in [5.41, 5.74) is 1.26. The summed E-state index contributed by atoms with van der Waals surface area (Å²) in [6.45, 7) is 1.70. The van der Waals surface area contributed by atoms with Gasteiger partial charge in [-0.1, -0.05) is 17.7 Å². The zero-order valence-electron chi connectivity index (χ0n) is 12.1. The lowest BCUT2D eigenvalue weighted by molar-refractivity contribution is -0.131. The largest absolute Gasteiger partial charge is 0.507 e. The van der Waals surface area contributed by atoms with Crippen LogP contribution in [0.1, 0.15) is 11.1 Å². The molecule has 1 amide bonds. The Hall–Kier alpha value is -2.66. The normalized spacial score (nSPS) is 11.2.